The SMILES string of the molecule is CC1(C)c2ccccc2-c2ccc3c(oc4c(Br)cccc43)c21.CC1(C)c2ccccc2-c2ccc3c(oc4c(N(c5ccc(-c6ccccc6)cc5)c5ccc(-c6ccccc6)cc5)cccc43)c21.c1ccc(-c2ccc(Nc3ccc(-c4ccccc4)cc3)cc2)cc1. The molecule has 0 amide bonds. The summed E-state index contributed by atoms with van der Waals surface area (Å²) in [6, 6.07) is 116. The molecule has 14 aromatic carbocycles. The van der Waals surface area contributed by atoms with Crippen LogP contribution in [-0.2, 0) is 10.8 Å². The maximum atomic E-state index is 7.06. The van der Waals surface area contributed by atoms with Crippen LogP contribution in [0.3, 0.4) is 0 Å². The van der Waals surface area contributed by atoms with Crippen molar-refractivity contribution in [3.8, 4) is 66.8 Å². The summed E-state index contributed by atoms with van der Waals surface area (Å²) in [5.41, 5.74) is 29.1. The van der Waals surface area contributed by atoms with Crippen LogP contribution in [0.1, 0.15) is 49.9 Å². The Kier molecular flexibility index (Phi) is 15.1. The number of hydrogen-bond donors (Lipinski definition) is 1. The van der Waals surface area contributed by atoms with E-state index < -0.39 is 0 Å². The van der Waals surface area contributed by atoms with Crippen LogP contribution in [0.5, 0.6) is 0 Å². The molecule has 4 nitrogen and oxygen atoms in total. The van der Waals surface area contributed by atoms with Gasteiger partial charge in [0.05, 0.1) is 10.2 Å². The molecule has 0 aliphatic heterocycles. The van der Waals surface area contributed by atoms with Crippen LogP contribution < -0.4 is 10.2 Å². The van der Waals surface area contributed by atoms with Crippen molar-refractivity contribution in [1.29, 1.82) is 0 Å². The Morgan fingerprint density at radius 2 is 0.600 bits per heavy atom. The van der Waals surface area contributed by atoms with Gasteiger partial charge >= 0.3 is 0 Å². The first-order valence-electron chi connectivity index (χ1n) is 32.6. The maximum absolute atomic E-state index is 7.06. The minimum absolute atomic E-state index is 0.0498. The minimum atomic E-state index is -0.167. The van der Waals surface area contributed by atoms with E-state index >= 15 is 0 Å². The summed E-state index contributed by atoms with van der Waals surface area (Å²) in [6.07, 6.45) is 0. The maximum Gasteiger partial charge on any atom is 0.159 e. The fourth-order valence-corrected chi connectivity index (χ4v) is 15.0. The summed E-state index contributed by atoms with van der Waals surface area (Å²) in [4.78, 5) is 2.33. The molecule has 0 saturated carbocycles. The van der Waals surface area contributed by atoms with E-state index in [1.54, 1.807) is 0 Å². The van der Waals surface area contributed by atoms with Gasteiger partial charge in [0.1, 0.15) is 16.7 Å². The minimum Gasteiger partial charge on any atom is -0.455 e. The van der Waals surface area contributed by atoms with E-state index in [0.717, 1.165) is 66.0 Å². The quantitative estimate of drug-likeness (QED) is 0.156. The summed E-state index contributed by atoms with van der Waals surface area (Å²) in [7, 11) is 0. The molecule has 2 aliphatic rings. The van der Waals surface area contributed by atoms with E-state index in [-0.39, 0.29) is 10.8 Å². The molecule has 5 heteroatoms. The number of anilines is 5. The molecule has 2 heterocycles. The number of para-hydroxylation sites is 2. The van der Waals surface area contributed by atoms with Gasteiger partial charge in [0, 0.05) is 66.3 Å². The van der Waals surface area contributed by atoms with E-state index in [0.29, 0.717) is 0 Å². The van der Waals surface area contributed by atoms with Gasteiger partial charge in [-0.3, -0.25) is 0 Å². The van der Waals surface area contributed by atoms with Crippen LogP contribution in [0, 0.1) is 0 Å². The normalized spacial score (nSPS) is 12.9. The molecule has 0 bridgehead atoms. The fourth-order valence-electron chi connectivity index (χ4n) is 14.6. The van der Waals surface area contributed by atoms with Gasteiger partial charge in [-0.2, -0.15) is 0 Å². The second-order valence-corrected chi connectivity index (χ2v) is 26.6. The van der Waals surface area contributed by atoms with Gasteiger partial charge in [-0.15, -0.1) is 0 Å². The number of hydrogen-bond acceptors (Lipinski definition) is 4. The van der Waals surface area contributed by atoms with Crippen LogP contribution in [0.25, 0.3) is 111 Å². The molecular formula is C90H67BrN2O2. The highest BCUT2D eigenvalue weighted by Crippen LogP contribution is 2.55. The predicted molar refractivity (Wildman–Crippen MR) is 403 cm³/mol. The third-order valence-electron chi connectivity index (χ3n) is 19.3. The third-order valence-corrected chi connectivity index (χ3v) is 19.9. The van der Waals surface area contributed by atoms with Gasteiger partial charge < -0.3 is 19.1 Å². The number of halogens is 1. The number of furan rings is 2. The monoisotopic (exact) mass is 1290 g/mol. The molecular weight excluding hydrogens is 1220 g/mol. The second kappa shape index (κ2) is 24.3. The van der Waals surface area contributed by atoms with Crippen LogP contribution in [0.2, 0.25) is 0 Å². The topological polar surface area (TPSA) is 41.6 Å². The van der Waals surface area contributed by atoms with E-state index in [1.807, 2.05) is 18.2 Å². The van der Waals surface area contributed by atoms with Crippen LogP contribution in [-0.4, -0.2) is 0 Å². The molecule has 0 fully saturated rings. The average Bonchev–Trinajstić information content (AvgIpc) is 1.56. The van der Waals surface area contributed by atoms with Crippen molar-refractivity contribution in [3.05, 3.63) is 354 Å². The van der Waals surface area contributed by atoms with E-state index in [9.17, 15) is 0 Å². The zero-order valence-electron chi connectivity index (χ0n) is 53.3. The lowest BCUT2D eigenvalue weighted by Crippen LogP contribution is -2.15. The molecule has 0 radical (unpaired) electrons. The number of benzene rings is 14. The van der Waals surface area contributed by atoms with E-state index in [1.165, 1.54) is 99.8 Å². The lowest BCUT2D eigenvalue weighted by Gasteiger charge is -2.26. The second-order valence-electron chi connectivity index (χ2n) is 25.7. The lowest BCUT2D eigenvalue weighted by atomic mass is 9.82. The van der Waals surface area contributed by atoms with Crippen LogP contribution in [0.15, 0.2) is 341 Å². The smallest absolute Gasteiger partial charge is 0.159 e. The van der Waals surface area contributed by atoms with Crippen molar-refractivity contribution in [2.45, 2.75) is 38.5 Å². The molecule has 2 aromatic heterocycles. The lowest BCUT2D eigenvalue weighted by molar-refractivity contribution is 0.619. The molecule has 18 rings (SSSR count). The zero-order chi connectivity index (χ0) is 64.2. The van der Waals surface area contributed by atoms with Crippen molar-refractivity contribution in [3.63, 3.8) is 0 Å². The van der Waals surface area contributed by atoms with Gasteiger partial charge in [0.25, 0.3) is 0 Å². The van der Waals surface area contributed by atoms with Gasteiger partial charge in [-0.05, 0) is 167 Å². The molecule has 456 valence electrons. The van der Waals surface area contributed by atoms with Crippen molar-refractivity contribution < 1.29 is 8.83 Å². The zero-order valence-corrected chi connectivity index (χ0v) is 54.9. The van der Waals surface area contributed by atoms with Crippen LogP contribution in [0.4, 0.5) is 28.4 Å². The standard InChI is InChI=1S/C45H33NO.C24H19N.C21H15BrO/c1-45(2)40-18-10-9-16-36(40)37-28-29-39-38-17-11-19-41(43(38)47-44(39)42(37)45)46(34-24-20-32(21-25-34)30-12-5-3-6-13-30)35-26-22-33(23-27-35)31-14-7-4-8-15-31;1-3-7-19(8-4-1)21-11-15-23(16-12-21)25-24-17-13-22(14-18-24)20-9-5-2-6-10-20;1-21(2)16-8-4-3-6-12(16)13-10-11-15-14-7-5-9-17(22)19(14)23-20(15)18(13)21/h3-29H,1-2H3;1-18,25H;3-11H,1-2H3. The van der Waals surface area contributed by atoms with E-state index in [2.05, 4.69) is 363 Å². The number of rotatable bonds is 9. The fraction of sp³-hybridized carbons (Fsp3) is 0.0667. The van der Waals surface area contributed by atoms with Crippen molar-refractivity contribution in [2.24, 2.45) is 0 Å². The molecule has 0 unspecified atom stereocenters. The third kappa shape index (κ3) is 10.7. The Balaban J connectivity index is 0.000000124. The predicted octanol–water partition coefficient (Wildman–Crippen LogP) is 26.1. The highest BCUT2D eigenvalue weighted by Gasteiger charge is 2.40. The molecule has 16 aromatic rings. The summed E-state index contributed by atoms with van der Waals surface area (Å²) < 4.78 is 14.4. The summed E-state index contributed by atoms with van der Waals surface area (Å²) in [5, 5.41) is 8.10. The van der Waals surface area contributed by atoms with Gasteiger partial charge in [-0.25, -0.2) is 0 Å². The first-order chi connectivity index (χ1) is 46.5. The van der Waals surface area contributed by atoms with Gasteiger partial charge in [-0.1, -0.05) is 282 Å². The highest BCUT2D eigenvalue weighted by molar-refractivity contribution is 9.10. The number of nitrogens with zero attached hydrogens (tertiary/aromatic N) is 1. The Morgan fingerprint density at radius 1 is 0.274 bits per heavy atom. The Labute approximate surface area is 563 Å². The van der Waals surface area contributed by atoms with Crippen LogP contribution >= 0.6 is 15.9 Å². The van der Waals surface area contributed by atoms with Gasteiger partial charge in [0.15, 0.2) is 5.58 Å². The Hall–Kier alpha value is -11.2. The van der Waals surface area contributed by atoms with Crippen molar-refractivity contribution in [1.82, 2.24) is 0 Å². The highest BCUT2D eigenvalue weighted by atomic mass is 79.9. The molecule has 95 heavy (non-hydrogen) atoms. The van der Waals surface area contributed by atoms with Crippen molar-refractivity contribution >= 4 is 88.2 Å². The summed E-state index contributed by atoms with van der Waals surface area (Å²) in [5.74, 6) is 0. The largest absolute Gasteiger partial charge is 0.455 e. The molecule has 2 aliphatic carbocycles. The molecule has 0 atom stereocenters. The first kappa shape index (κ1) is 58.8. The summed E-state index contributed by atoms with van der Waals surface area (Å²) in [6.45, 7) is 9.22. The Morgan fingerprint density at radius 3 is 1.01 bits per heavy atom. The summed E-state index contributed by atoms with van der Waals surface area (Å²) >= 11 is 3.62. The van der Waals surface area contributed by atoms with Gasteiger partial charge in [0.2, 0.25) is 0 Å². The van der Waals surface area contributed by atoms with Crippen molar-refractivity contribution in [2.75, 3.05) is 10.2 Å². The van der Waals surface area contributed by atoms with E-state index in [4.69, 9.17) is 8.83 Å². The molecule has 0 spiro atoms. The molecule has 0 saturated heterocycles. The number of nitrogens with one attached hydrogen (secondary N) is 1. The number of fused-ring (bicyclic) bond motifs is 14. The Bertz CT molecular complexity index is 5300. The molecule has 1 N–H and O–H groups in total. The first-order valence-corrected chi connectivity index (χ1v) is 33.4. The average molecular weight is 1290 g/mol.